The van der Waals surface area contributed by atoms with Gasteiger partial charge in [0.15, 0.2) is 6.67 Å². The molecular formula is C8H7ClF2O. The third-order valence-corrected chi connectivity index (χ3v) is 1.53. The Balaban J connectivity index is 2.69. The van der Waals surface area contributed by atoms with Gasteiger partial charge in [-0.15, -0.1) is 0 Å². The molecule has 0 saturated carbocycles. The molecule has 12 heavy (non-hydrogen) atoms. The third-order valence-electron chi connectivity index (χ3n) is 1.21. The van der Waals surface area contributed by atoms with Crippen LogP contribution in [-0.4, -0.2) is 13.0 Å². The summed E-state index contributed by atoms with van der Waals surface area (Å²) in [5.41, 5.74) is 0. The van der Waals surface area contributed by atoms with Crippen molar-refractivity contribution in [3.05, 3.63) is 29.3 Å². The first-order chi connectivity index (χ1) is 5.74. The van der Waals surface area contributed by atoms with Gasteiger partial charge in [0.05, 0.1) is 5.02 Å². The van der Waals surface area contributed by atoms with Crippen molar-refractivity contribution >= 4 is 11.6 Å². The third kappa shape index (κ3) is 2.34. The van der Waals surface area contributed by atoms with Crippen LogP contribution in [0.1, 0.15) is 0 Å². The van der Waals surface area contributed by atoms with Crippen LogP contribution in [0, 0.1) is 0 Å². The standard InChI is InChI=1S/C8H7ClF2O/c9-6-3-1-2-4-7(6)12-8(11)5-10/h1-4,8H,5H2. The number of alkyl halides is 2. The second-order valence-electron chi connectivity index (χ2n) is 2.11. The Hall–Kier alpha value is -0.830. The second kappa shape index (κ2) is 4.26. The Morgan fingerprint density at radius 2 is 2.08 bits per heavy atom. The van der Waals surface area contributed by atoms with Gasteiger partial charge >= 0.3 is 0 Å². The summed E-state index contributed by atoms with van der Waals surface area (Å²) in [6, 6.07) is 6.33. The quantitative estimate of drug-likeness (QED) is 0.716. The molecule has 1 atom stereocenters. The number of hydrogen-bond acceptors (Lipinski definition) is 1. The lowest BCUT2D eigenvalue weighted by Crippen LogP contribution is -2.11. The van der Waals surface area contributed by atoms with Gasteiger partial charge in [0, 0.05) is 0 Å². The van der Waals surface area contributed by atoms with Gasteiger partial charge in [0.2, 0.25) is 0 Å². The van der Waals surface area contributed by atoms with E-state index in [1.165, 1.54) is 6.07 Å². The Kier molecular flexibility index (Phi) is 3.29. The van der Waals surface area contributed by atoms with Crippen LogP contribution in [0.3, 0.4) is 0 Å². The van der Waals surface area contributed by atoms with Crippen molar-refractivity contribution in [1.29, 1.82) is 0 Å². The highest BCUT2D eigenvalue weighted by molar-refractivity contribution is 6.32. The zero-order valence-corrected chi connectivity index (χ0v) is 6.89. The molecule has 0 amide bonds. The Morgan fingerprint density at radius 1 is 1.42 bits per heavy atom. The summed E-state index contributed by atoms with van der Waals surface area (Å²) >= 11 is 5.61. The van der Waals surface area contributed by atoms with Crippen LogP contribution in [0.15, 0.2) is 24.3 Å². The van der Waals surface area contributed by atoms with E-state index in [9.17, 15) is 8.78 Å². The minimum atomic E-state index is -1.94. The van der Waals surface area contributed by atoms with E-state index >= 15 is 0 Å². The summed E-state index contributed by atoms with van der Waals surface area (Å²) in [6.45, 7) is -1.18. The molecule has 1 aromatic carbocycles. The topological polar surface area (TPSA) is 9.23 Å². The predicted octanol–water partition coefficient (Wildman–Crippen LogP) is 2.98. The zero-order valence-electron chi connectivity index (χ0n) is 6.14. The Labute approximate surface area is 73.9 Å². The maximum Gasteiger partial charge on any atom is 0.266 e. The fraction of sp³-hybridized carbons (Fsp3) is 0.250. The highest BCUT2D eigenvalue weighted by Gasteiger charge is 2.08. The molecule has 0 N–H and O–H groups in total. The van der Waals surface area contributed by atoms with E-state index in [1.807, 2.05) is 0 Å². The normalized spacial score (nSPS) is 12.6. The average Bonchev–Trinajstić information content (AvgIpc) is 2.09. The Morgan fingerprint density at radius 3 is 2.67 bits per heavy atom. The molecule has 1 unspecified atom stereocenters. The number of halogens is 3. The van der Waals surface area contributed by atoms with E-state index in [0.717, 1.165) is 0 Å². The summed E-state index contributed by atoms with van der Waals surface area (Å²) in [6.07, 6.45) is -1.94. The van der Waals surface area contributed by atoms with E-state index in [2.05, 4.69) is 4.74 Å². The van der Waals surface area contributed by atoms with Gasteiger partial charge in [-0.3, -0.25) is 0 Å². The largest absolute Gasteiger partial charge is 0.456 e. The molecule has 0 aliphatic rings. The summed E-state index contributed by atoms with van der Waals surface area (Å²) < 4.78 is 28.5. The fourth-order valence-electron chi connectivity index (χ4n) is 0.710. The SMILES string of the molecule is FCC(F)Oc1ccccc1Cl. The molecule has 0 aliphatic heterocycles. The van der Waals surface area contributed by atoms with E-state index in [4.69, 9.17) is 11.6 Å². The lowest BCUT2D eigenvalue weighted by atomic mass is 10.3. The first-order valence-electron chi connectivity index (χ1n) is 3.35. The van der Waals surface area contributed by atoms with Crippen molar-refractivity contribution in [2.75, 3.05) is 6.67 Å². The van der Waals surface area contributed by atoms with Gasteiger partial charge in [0.25, 0.3) is 6.36 Å². The molecule has 4 heteroatoms. The molecule has 0 aromatic heterocycles. The molecule has 0 heterocycles. The van der Waals surface area contributed by atoms with Gasteiger partial charge in [-0.1, -0.05) is 23.7 Å². The number of benzene rings is 1. The van der Waals surface area contributed by atoms with Crippen LogP contribution < -0.4 is 4.74 Å². The van der Waals surface area contributed by atoms with Crippen LogP contribution in [0.2, 0.25) is 5.02 Å². The first kappa shape index (κ1) is 9.26. The predicted molar refractivity (Wildman–Crippen MR) is 43.0 cm³/mol. The molecule has 0 aliphatic carbocycles. The lowest BCUT2D eigenvalue weighted by molar-refractivity contribution is 0.0435. The van der Waals surface area contributed by atoms with Crippen molar-refractivity contribution < 1.29 is 13.5 Å². The molecule has 0 bridgehead atoms. The minimum absolute atomic E-state index is 0.157. The van der Waals surface area contributed by atoms with Gasteiger partial charge < -0.3 is 4.74 Å². The number of para-hydroxylation sites is 1. The number of ether oxygens (including phenoxy) is 1. The van der Waals surface area contributed by atoms with E-state index < -0.39 is 13.0 Å². The first-order valence-corrected chi connectivity index (χ1v) is 3.73. The van der Waals surface area contributed by atoms with Crippen molar-refractivity contribution in [2.24, 2.45) is 0 Å². The lowest BCUT2D eigenvalue weighted by Gasteiger charge is -2.08. The van der Waals surface area contributed by atoms with E-state index in [1.54, 1.807) is 18.2 Å². The van der Waals surface area contributed by atoms with Gasteiger partial charge in [-0.2, -0.15) is 4.39 Å². The van der Waals surface area contributed by atoms with Crippen molar-refractivity contribution in [3.8, 4) is 5.75 Å². The van der Waals surface area contributed by atoms with Gasteiger partial charge in [0.1, 0.15) is 5.75 Å². The molecule has 1 nitrogen and oxygen atoms in total. The maximum atomic E-state index is 12.3. The van der Waals surface area contributed by atoms with Gasteiger partial charge in [-0.05, 0) is 12.1 Å². The molecule has 0 saturated heterocycles. The van der Waals surface area contributed by atoms with Crippen LogP contribution in [-0.2, 0) is 0 Å². The highest BCUT2D eigenvalue weighted by atomic mass is 35.5. The number of hydrogen-bond donors (Lipinski definition) is 0. The molecule has 1 aromatic rings. The van der Waals surface area contributed by atoms with Crippen LogP contribution in [0.5, 0.6) is 5.75 Å². The molecule has 66 valence electrons. The summed E-state index contributed by atoms with van der Waals surface area (Å²) in [5.74, 6) is 0.157. The van der Waals surface area contributed by atoms with Crippen LogP contribution in [0.25, 0.3) is 0 Å². The summed E-state index contributed by atoms with van der Waals surface area (Å²) in [7, 11) is 0. The summed E-state index contributed by atoms with van der Waals surface area (Å²) in [5, 5.41) is 0.272. The zero-order chi connectivity index (χ0) is 8.97. The smallest absolute Gasteiger partial charge is 0.266 e. The van der Waals surface area contributed by atoms with Crippen molar-refractivity contribution in [1.82, 2.24) is 0 Å². The molecule has 0 fully saturated rings. The maximum absolute atomic E-state index is 12.3. The average molecular weight is 193 g/mol. The molecule has 0 radical (unpaired) electrons. The molecular weight excluding hydrogens is 186 g/mol. The van der Waals surface area contributed by atoms with E-state index in [0.29, 0.717) is 0 Å². The fourth-order valence-corrected chi connectivity index (χ4v) is 0.890. The van der Waals surface area contributed by atoms with Crippen LogP contribution >= 0.6 is 11.6 Å². The molecule has 1 rings (SSSR count). The van der Waals surface area contributed by atoms with Crippen LogP contribution in [0.4, 0.5) is 8.78 Å². The Bertz CT molecular complexity index is 255. The minimum Gasteiger partial charge on any atom is -0.456 e. The second-order valence-corrected chi connectivity index (χ2v) is 2.52. The monoisotopic (exact) mass is 192 g/mol. The molecule has 0 spiro atoms. The highest BCUT2D eigenvalue weighted by Crippen LogP contribution is 2.24. The van der Waals surface area contributed by atoms with E-state index in [-0.39, 0.29) is 10.8 Å². The van der Waals surface area contributed by atoms with Crippen molar-refractivity contribution in [2.45, 2.75) is 6.36 Å². The number of rotatable bonds is 3. The van der Waals surface area contributed by atoms with Crippen molar-refractivity contribution in [3.63, 3.8) is 0 Å². The summed E-state index contributed by atoms with van der Waals surface area (Å²) in [4.78, 5) is 0. The van der Waals surface area contributed by atoms with Gasteiger partial charge in [-0.25, -0.2) is 4.39 Å².